The lowest BCUT2D eigenvalue weighted by Crippen LogP contribution is -2.41. The van der Waals surface area contributed by atoms with Gasteiger partial charge in [-0.2, -0.15) is 0 Å². The van der Waals surface area contributed by atoms with Gasteiger partial charge in [0.15, 0.2) is 0 Å². The largest absolute Gasteiger partial charge is 0.473 e. The molecule has 1 fully saturated rings. The number of carbonyl (C=O) groups excluding carboxylic acids is 2. The third-order valence-electron chi connectivity index (χ3n) is 6.09. The van der Waals surface area contributed by atoms with Crippen LogP contribution in [0.3, 0.4) is 0 Å². The lowest BCUT2D eigenvalue weighted by molar-refractivity contribution is -0.173. The van der Waals surface area contributed by atoms with Crippen LogP contribution in [0.25, 0.3) is 0 Å². The van der Waals surface area contributed by atoms with Crippen LogP contribution in [-0.2, 0) is 30.3 Å². The number of nitrogens with zero attached hydrogens (tertiary/aromatic N) is 1. The van der Waals surface area contributed by atoms with Crippen LogP contribution in [0.4, 0.5) is 0 Å². The predicted octanol–water partition coefficient (Wildman–Crippen LogP) is 4.04. The Morgan fingerprint density at radius 1 is 1.18 bits per heavy atom. The van der Waals surface area contributed by atoms with Crippen molar-refractivity contribution < 1.29 is 29.0 Å². The molecule has 4 rings (SSSR count). The van der Waals surface area contributed by atoms with Crippen molar-refractivity contribution in [2.45, 2.75) is 40.1 Å². The maximum Gasteiger partial charge on any atom is 0.424 e. The lowest BCUT2D eigenvalue weighted by atomic mass is 9.98. The third-order valence-corrected chi connectivity index (χ3v) is 8.03. The quantitative estimate of drug-likeness (QED) is 0.272. The average molecular weight is 502 g/mol. The van der Waals surface area contributed by atoms with E-state index in [2.05, 4.69) is 58.4 Å². The molecule has 2 aliphatic rings. The van der Waals surface area contributed by atoms with Gasteiger partial charge in [-0.3, -0.25) is 4.79 Å². The molecule has 0 saturated carbocycles. The summed E-state index contributed by atoms with van der Waals surface area (Å²) in [7, 11) is 0. The number of aliphatic carboxylic acids is 1. The normalized spacial score (nSPS) is 20.0. The topological polar surface area (TPSA) is 93.1 Å². The number of fused-ring (bicyclic) bond motifs is 2. The first-order valence-corrected chi connectivity index (χ1v) is 13.3. The predicted molar refractivity (Wildman–Crippen MR) is 129 cm³/mol. The van der Waals surface area contributed by atoms with Gasteiger partial charge in [-0.15, -0.1) is 11.8 Å². The van der Waals surface area contributed by atoms with Gasteiger partial charge in [-0.05, 0) is 61.0 Å². The molecule has 1 N–H and O–H groups in total. The maximum atomic E-state index is 12.2. The van der Waals surface area contributed by atoms with Crippen molar-refractivity contribution in [3.8, 4) is 0 Å². The first-order valence-electron chi connectivity index (χ1n) is 11.2. The second kappa shape index (κ2) is 11.4. The molecular formula is C25H27NO6S2. The van der Waals surface area contributed by atoms with Gasteiger partial charge in [0.2, 0.25) is 0 Å². The number of hydrogen-bond acceptors (Lipinski definition) is 8. The average Bonchev–Trinajstić information content (AvgIpc) is 3.00. The van der Waals surface area contributed by atoms with Gasteiger partial charge < -0.3 is 19.5 Å². The van der Waals surface area contributed by atoms with Gasteiger partial charge in [0.1, 0.15) is 0 Å². The van der Waals surface area contributed by atoms with E-state index < -0.39 is 23.8 Å². The molecule has 1 saturated heterocycles. The summed E-state index contributed by atoms with van der Waals surface area (Å²) in [5.41, 5.74) is 2.46. The van der Waals surface area contributed by atoms with E-state index in [0.29, 0.717) is 26.1 Å². The summed E-state index contributed by atoms with van der Waals surface area (Å²) in [6.45, 7) is 2.37. The first-order chi connectivity index (χ1) is 16.4. The van der Waals surface area contributed by atoms with E-state index in [1.165, 1.54) is 25.8 Å². The van der Waals surface area contributed by atoms with E-state index in [1.54, 1.807) is 23.5 Å². The van der Waals surface area contributed by atoms with Crippen LogP contribution in [-0.4, -0.2) is 60.4 Å². The molecule has 2 aliphatic heterocycles. The van der Waals surface area contributed by atoms with Gasteiger partial charge in [-0.25, -0.2) is 9.59 Å². The maximum absolute atomic E-state index is 12.2. The molecule has 2 unspecified atom stereocenters. The van der Waals surface area contributed by atoms with Crippen molar-refractivity contribution in [1.82, 2.24) is 4.90 Å². The van der Waals surface area contributed by atoms with Crippen molar-refractivity contribution in [3.63, 3.8) is 0 Å². The summed E-state index contributed by atoms with van der Waals surface area (Å²) in [6, 6.07) is 15.0. The van der Waals surface area contributed by atoms with E-state index in [1.807, 2.05) is 0 Å². The van der Waals surface area contributed by atoms with Gasteiger partial charge >= 0.3 is 17.9 Å². The second-order valence-corrected chi connectivity index (χ2v) is 10.3. The van der Waals surface area contributed by atoms with Crippen LogP contribution in [0.5, 0.6) is 0 Å². The number of rotatable bonds is 6. The summed E-state index contributed by atoms with van der Waals surface area (Å²) in [5.74, 6) is -4.57. The number of benzene rings is 2. The second-order valence-electron chi connectivity index (χ2n) is 8.33. The molecule has 0 bridgehead atoms. The van der Waals surface area contributed by atoms with E-state index in [9.17, 15) is 14.4 Å². The Morgan fingerprint density at radius 2 is 2.00 bits per heavy atom. The number of hydrogen-bond donors (Lipinski definition) is 1. The zero-order valence-electron chi connectivity index (χ0n) is 18.9. The lowest BCUT2D eigenvalue weighted by Gasteiger charge is -2.31. The Hall–Kier alpha value is -2.33. The first kappa shape index (κ1) is 24.8. The number of ether oxygens (including phenoxy) is 2. The van der Waals surface area contributed by atoms with Crippen molar-refractivity contribution in [1.29, 1.82) is 0 Å². The van der Waals surface area contributed by atoms with Crippen LogP contribution in [0.2, 0.25) is 0 Å². The molecule has 0 radical (unpaired) electrons. The molecule has 0 aromatic heterocycles. The van der Waals surface area contributed by atoms with Crippen LogP contribution in [0, 0.1) is 5.92 Å². The molecule has 7 nitrogen and oxygen atoms in total. The van der Waals surface area contributed by atoms with Gasteiger partial charge in [0, 0.05) is 34.2 Å². The third kappa shape index (κ3) is 6.02. The van der Waals surface area contributed by atoms with Crippen molar-refractivity contribution in [2.75, 3.05) is 32.5 Å². The monoisotopic (exact) mass is 501 g/mol. The zero-order chi connectivity index (χ0) is 24.1. The molecule has 2 heterocycles. The molecule has 2 aromatic rings. The summed E-state index contributed by atoms with van der Waals surface area (Å²) in [5, 5.41) is 8.65. The summed E-state index contributed by atoms with van der Waals surface area (Å²) in [4.78, 5) is 39.8. The number of carboxylic acids is 1. The fourth-order valence-corrected chi connectivity index (χ4v) is 5.90. The summed E-state index contributed by atoms with van der Waals surface area (Å²) in [6.07, 6.45) is 4.13. The highest BCUT2D eigenvalue weighted by atomic mass is 32.2. The van der Waals surface area contributed by atoms with Crippen molar-refractivity contribution in [2.24, 2.45) is 5.92 Å². The van der Waals surface area contributed by atoms with E-state index in [4.69, 9.17) is 9.84 Å². The molecule has 0 amide bonds. The number of piperidine rings is 1. The standard InChI is InChI=1S/C25H27NO6S2/c1-33-18-8-9-22-19(14-18)20(13-16-5-2-3-7-21(16)34-22)31-12-11-26-10-4-6-17(15-26)24(29)32-25(30)23(27)28/h2-3,5,7-9,14,17,20H,4,6,10-13,15H2,1H3,(H,27,28). The van der Waals surface area contributed by atoms with Gasteiger partial charge in [0.25, 0.3) is 0 Å². The van der Waals surface area contributed by atoms with E-state index in [0.717, 1.165) is 19.4 Å². The molecule has 2 atom stereocenters. The Morgan fingerprint density at radius 3 is 2.79 bits per heavy atom. The van der Waals surface area contributed by atoms with E-state index in [-0.39, 0.29) is 6.10 Å². The Balaban J connectivity index is 1.39. The minimum Gasteiger partial charge on any atom is -0.473 e. The van der Waals surface area contributed by atoms with Crippen LogP contribution >= 0.6 is 23.5 Å². The van der Waals surface area contributed by atoms with Gasteiger partial charge in [-0.1, -0.05) is 30.0 Å². The van der Waals surface area contributed by atoms with Crippen LogP contribution < -0.4 is 0 Å². The molecule has 180 valence electrons. The minimum atomic E-state index is -1.76. The van der Waals surface area contributed by atoms with Crippen molar-refractivity contribution >= 4 is 41.4 Å². The molecule has 9 heteroatoms. The fraction of sp³-hybridized carbons (Fsp3) is 0.400. The zero-order valence-corrected chi connectivity index (χ0v) is 20.5. The summed E-state index contributed by atoms with van der Waals surface area (Å²) < 4.78 is 10.9. The van der Waals surface area contributed by atoms with Crippen LogP contribution in [0.15, 0.2) is 57.2 Å². The molecular weight excluding hydrogens is 474 g/mol. The Labute approximate surface area is 207 Å². The molecule has 2 aromatic carbocycles. The fourth-order valence-electron chi connectivity index (χ4n) is 4.34. The molecule has 0 spiro atoms. The Bertz CT molecular complexity index is 1080. The molecule has 0 aliphatic carbocycles. The highest BCUT2D eigenvalue weighted by molar-refractivity contribution is 7.99. The van der Waals surface area contributed by atoms with Crippen LogP contribution in [0.1, 0.15) is 30.1 Å². The van der Waals surface area contributed by atoms with E-state index >= 15 is 0 Å². The van der Waals surface area contributed by atoms with Crippen molar-refractivity contribution in [3.05, 3.63) is 53.6 Å². The number of carboxylic acid groups (broad SMARTS) is 1. The minimum absolute atomic E-state index is 0.0722. The highest BCUT2D eigenvalue weighted by Gasteiger charge is 2.30. The summed E-state index contributed by atoms with van der Waals surface area (Å²) >= 11 is 3.49. The smallest absolute Gasteiger partial charge is 0.424 e. The SMILES string of the molecule is CSc1ccc2c(c1)C(OCCN1CCCC(C(=O)OC(=O)C(=O)O)C1)Cc1ccccc1S2. The Kier molecular flexibility index (Phi) is 8.31. The number of esters is 2. The number of likely N-dealkylation sites (tertiary alicyclic amines) is 1. The number of thioether (sulfide) groups is 1. The molecule has 34 heavy (non-hydrogen) atoms. The highest BCUT2D eigenvalue weighted by Crippen LogP contribution is 2.43. The van der Waals surface area contributed by atoms with Gasteiger partial charge in [0.05, 0.1) is 18.6 Å². The number of carbonyl (C=O) groups is 3.